The molecule has 0 aliphatic carbocycles. The van der Waals surface area contributed by atoms with Crippen LogP contribution in [0.5, 0.6) is 11.5 Å². The van der Waals surface area contributed by atoms with Crippen molar-refractivity contribution in [2.75, 3.05) is 0 Å². The van der Waals surface area contributed by atoms with Crippen LogP contribution in [-0.4, -0.2) is 48.1 Å². The molecule has 0 radical (unpaired) electrons. The van der Waals surface area contributed by atoms with E-state index < -0.39 is 76.0 Å². The molecule has 0 heterocycles. The SMILES string of the molecule is O=C([O-])c1cc(N=Nc2ccc(Sc3ccc(N=Nc4ccc(O)c(C(=O)[O-])c4)c(S(=O)(=O)[O-])c3)cc2S(=O)(=O)[O-])ccc1O.[Na+].[Na+].[Na+].[Na+]. The maximum Gasteiger partial charge on any atom is 1.00 e. The average Bonchev–Trinajstić information content (AvgIpc) is 2.95. The minimum atomic E-state index is -5.15. The van der Waals surface area contributed by atoms with E-state index in [-0.39, 0.29) is 139 Å². The number of nitrogens with zero attached hydrogens (tertiary/aromatic N) is 4. The van der Waals surface area contributed by atoms with E-state index in [1.165, 1.54) is 24.3 Å². The second kappa shape index (κ2) is 20.1. The molecule has 4 aromatic rings. The summed E-state index contributed by atoms with van der Waals surface area (Å²) in [5.41, 5.74) is -2.29. The van der Waals surface area contributed by atoms with Crippen LogP contribution in [0.1, 0.15) is 20.7 Å². The monoisotopic (exact) mass is 762 g/mol. The minimum absolute atomic E-state index is 0. The van der Waals surface area contributed by atoms with Gasteiger partial charge in [-0.2, -0.15) is 10.2 Å². The Morgan fingerprint density at radius 1 is 0.551 bits per heavy atom. The van der Waals surface area contributed by atoms with Crippen LogP contribution in [0.4, 0.5) is 22.7 Å². The van der Waals surface area contributed by atoms with Crippen molar-refractivity contribution in [3.8, 4) is 11.5 Å². The molecule has 0 unspecified atom stereocenters. The van der Waals surface area contributed by atoms with Crippen LogP contribution >= 0.6 is 11.8 Å². The van der Waals surface area contributed by atoms with Gasteiger partial charge in [-0.15, -0.1) is 10.2 Å². The maximum atomic E-state index is 12.0. The summed E-state index contributed by atoms with van der Waals surface area (Å²) in [4.78, 5) is 20.7. The average molecular weight is 763 g/mol. The topological polar surface area (TPSA) is 285 Å². The summed E-state index contributed by atoms with van der Waals surface area (Å²) in [6.45, 7) is 0. The first kappa shape index (κ1) is 47.8. The van der Waals surface area contributed by atoms with E-state index in [1.54, 1.807) is 0 Å². The van der Waals surface area contributed by atoms with Gasteiger partial charge in [0.2, 0.25) is 0 Å². The summed E-state index contributed by atoms with van der Waals surface area (Å²) in [6, 6.07) is 12.8. The molecule has 0 amide bonds. The van der Waals surface area contributed by atoms with Gasteiger partial charge in [0, 0.05) is 20.9 Å². The second-order valence-electron chi connectivity index (χ2n) is 8.65. The fraction of sp³-hybridized carbons (Fsp3) is 0. The summed E-state index contributed by atoms with van der Waals surface area (Å²) in [5.74, 6) is -4.62. The number of aromatic carboxylic acids is 2. The Bertz CT molecular complexity index is 2000. The van der Waals surface area contributed by atoms with Crippen molar-refractivity contribution in [2.24, 2.45) is 20.5 Å². The van der Waals surface area contributed by atoms with Gasteiger partial charge in [-0.25, -0.2) is 16.8 Å². The summed E-state index contributed by atoms with van der Waals surface area (Å²) in [7, 11) is -10.3. The number of carbonyl (C=O) groups excluding carboxylic acids is 2. The summed E-state index contributed by atoms with van der Waals surface area (Å²) in [5, 5.41) is 56.1. The van der Waals surface area contributed by atoms with Gasteiger partial charge in [0.1, 0.15) is 43.1 Å². The zero-order valence-electron chi connectivity index (χ0n) is 25.9. The Kier molecular flexibility index (Phi) is 19.6. The summed E-state index contributed by atoms with van der Waals surface area (Å²) in [6.07, 6.45) is 0. The molecule has 0 bridgehead atoms. The second-order valence-corrected chi connectivity index (χ2v) is 12.5. The van der Waals surface area contributed by atoms with Crippen LogP contribution in [0, 0.1) is 0 Å². The molecule has 23 heteroatoms. The Labute approximate surface area is 371 Å². The number of aromatic hydroxyl groups is 2. The van der Waals surface area contributed by atoms with Gasteiger partial charge in [-0.1, -0.05) is 11.8 Å². The van der Waals surface area contributed by atoms with Gasteiger partial charge in [-0.05, 0) is 72.8 Å². The Hall–Kier alpha value is -1.21. The van der Waals surface area contributed by atoms with Crippen LogP contribution < -0.4 is 128 Å². The van der Waals surface area contributed by atoms with E-state index in [0.717, 1.165) is 60.3 Å². The number of azo groups is 2. The maximum absolute atomic E-state index is 12.0. The number of hydrogen-bond acceptors (Lipinski definition) is 17. The molecule has 2 N–H and O–H groups in total. The van der Waals surface area contributed by atoms with Crippen molar-refractivity contribution in [3.05, 3.63) is 83.9 Å². The summed E-state index contributed by atoms with van der Waals surface area (Å²) < 4.78 is 71.9. The van der Waals surface area contributed by atoms with Gasteiger partial charge in [-0.3, -0.25) is 0 Å². The van der Waals surface area contributed by atoms with Crippen LogP contribution in [-0.2, 0) is 20.2 Å². The van der Waals surface area contributed by atoms with E-state index >= 15 is 0 Å². The van der Waals surface area contributed by atoms with Crippen molar-refractivity contribution >= 4 is 66.7 Å². The molecule has 49 heavy (non-hydrogen) atoms. The first-order valence-corrected chi connectivity index (χ1v) is 15.5. The van der Waals surface area contributed by atoms with Gasteiger partial charge in [0.05, 0.1) is 33.1 Å². The third kappa shape index (κ3) is 13.1. The van der Waals surface area contributed by atoms with E-state index in [0.29, 0.717) is 0 Å². The predicted molar refractivity (Wildman–Crippen MR) is 146 cm³/mol. The zero-order valence-corrected chi connectivity index (χ0v) is 36.4. The van der Waals surface area contributed by atoms with E-state index in [9.17, 15) is 56.0 Å². The van der Waals surface area contributed by atoms with Crippen molar-refractivity contribution in [1.82, 2.24) is 0 Å². The normalized spacial score (nSPS) is 11.1. The summed E-state index contributed by atoms with van der Waals surface area (Å²) >= 11 is 0.757. The molecule has 16 nitrogen and oxygen atoms in total. The van der Waals surface area contributed by atoms with Gasteiger partial charge in [0.25, 0.3) is 0 Å². The predicted octanol–water partition coefficient (Wildman–Crippen LogP) is -9.37. The number of rotatable bonds is 10. The number of phenols is 2. The largest absolute Gasteiger partial charge is 1.00 e. The molecule has 0 aliphatic rings. The number of carboxylic acid groups (broad SMARTS) is 2. The molecule has 0 saturated heterocycles. The third-order valence-electron chi connectivity index (χ3n) is 5.58. The van der Waals surface area contributed by atoms with Crippen molar-refractivity contribution in [2.45, 2.75) is 19.6 Å². The number of hydrogen-bond donors (Lipinski definition) is 2. The minimum Gasteiger partial charge on any atom is -0.744 e. The quantitative estimate of drug-likeness (QED) is 0.0864. The zero-order chi connectivity index (χ0) is 33.1. The fourth-order valence-corrected chi connectivity index (χ4v) is 5.86. The molecular weight excluding hydrogens is 748 g/mol. The third-order valence-corrected chi connectivity index (χ3v) is 8.29. The molecule has 4 rings (SSSR count). The van der Waals surface area contributed by atoms with Crippen LogP contribution in [0.2, 0.25) is 0 Å². The molecule has 0 aliphatic heterocycles. The molecule has 0 atom stereocenters. The van der Waals surface area contributed by atoms with Gasteiger partial charge < -0.3 is 39.1 Å². The van der Waals surface area contributed by atoms with Crippen LogP contribution in [0.15, 0.2) is 113 Å². The molecule has 232 valence electrons. The Balaban J connectivity index is 0.00000576. The number of carbonyl (C=O) groups is 2. The van der Waals surface area contributed by atoms with Gasteiger partial charge in [0.15, 0.2) is 0 Å². The molecule has 0 fully saturated rings. The standard InChI is InChI=1S/C26H18N4O12S3.4Na/c31-21-7-1-13(9-17(21)25(33)34)27-29-19-5-3-15(11-23(19)44(37,38)39)43-16-4-6-20(24(12-16)45(40,41)42)30-28-14-2-8-22(32)18(10-14)26(35)36;;;;/h1-12,31-32H,(H,33,34)(H,35,36)(H,37,38,39)(H,40,41,42);;;;/q;4*+1/p-4. The van der Waals surface area contributed by atoms with Gasteiger partial charge >= 0.3 is 118 Å². The number of benzene rings is 4. The van der Waals surface area contributed by atoms with Crippen molar-refractivity contribution < 1.29 is 174 Å². The molecule has 0 aromatic heterocycles. The Morgan fingerprint density at radius 2 is 0.898 bits per heavy atom. The van der Waals surface area contributed by atoms with Crippen molar-refractivity contribution in [1.29, 1.82) is 0 Å². The molecule has 0 saturated carbocycles. The fourth-order valence-electron chi connectivity index (χ4n) is 3.54. The van der Waals surface area contributed by atoms with E-state index in [1.807, 2.05) is 0 Å². The van der Waals surface area contributed by atoms with Crippen molar-refractivity contribution in [3.63, 3.8) is 0 Å². The van der Waals surface area contributed by atoms with Crippen LogP contribution in [0.3, 0.4) is 0 Å². The molecule has 0 spiro atoms. The smallest absolute Gasteiger partial charge is 0.744 e. The van der Waals surface area contributed by atoms with Crippen LogP contribution in [0.25, 0.3) is 0 Å². The molecular formula is C26H14N4Na4O12S3. The number of carboxylic acids is 2. The first-order valence-electron chi connectivity index (χ1n) is 11.8. The first-order chi connectivity index (χ1) is 21.0. The Morgan fingerprint density at radius 3 is 1.20 bits per heavy atom. The van der Waals surface area contributed by atoms with E-state index in [4.69, 9.17) is 0 Å². The molecule has 4 aromatic carbocycles. The van der Waals surface area contributed by atoms with E-state index in [2.05, 4.69) is 20.5 Å².